The summed E-state index contributed by atoms with van der Waals surface area (Å²) in [5.74, 6) is -0.0442. The molecule has 1 aliphatic carbocycles. The Kier molecular flexibility index (Phi) is 6.33. The van der Waals surface area contributed by atoms with Crippen LogP contribution in [0.15, 0.2) is 71.7 Å². The maximum atomic E-state index is 12.7. The summed E-state index contributed by atoms with van der Waals surface area (Å²) in [6.45, 7) is -2.77. The van der Waals surface area contributed by atoms with Crippen molar-refractivity contribution in [3.8, 4) is 11.4 Å². The number of nitrogens with one attached hydrogen (secondary N) is 1. The van der Waals surface area contributed by atoms with Crippen LogP contribution in [0.1, 0.15) is 12.1 Å². The van der Waals surface area contributed by atoms with Crippen LogP contribution in [-0.2, 0) is 0 Å². The summed E-state index contributed by atoms with van der Waals surface area (Å²) in [7, 11) is 0. The molecule has 1 aromatic carbocycles. The first-order valence-electron chi connectivity index (χ1n) is 8.73. The fraction of sp³-hybridized carbons (Fsp3) is 0.200. The van der Waals surface area contributed by atoms with Crippen LogP contribution in [0.4, 0.5) is 8.78 Å². The highest BCUT2D eigenvalue weighted by Crippen LogP contribution is 2.23. The topological polar surface area (TPSA) is 82.2 Å². The van der Waals surface area contributed by atoms with Crippen LogP contribution < -0.4 is 21.2 Å². The van der Waals surface area contributed by atoms with Crippen LogP contribution in [0.3, 0.4) is 0 Å². The molecule has 6 nitrogen and oxygen atoms in total. The van der Waals surface area contributed by atoms with Crippen molar-refractivity contribution in [1.29, 1.82) is 0 Å². The summed E-state index contributed by atoms with van der Waals surface area (Å²) in [5.41, 5.74) is 6.26. The van der Waals surface area contributed by atoms with Crippen molar-refractivity contribution in [2.24, 2.45) is 5.73 Å². The van der Waals surface area contributed by atoms with Gasteiger partial charge in [0.1, 0.15) is 5.69 Å². The largest absolute Gasteiger partial charge is 0.433 e. The van der Waals surface area contributed by atoms with Gasteiger partial charge in [0.2, 0.25) is 5.43 Å². The Balaban J connectivity index is 1.99. The molecule has 0 radical (unpaired) electrons. The van der Waals surface area contributed by atoms with Gasteiger partial charge in [-0.2, -0.15) is 13.9 Å². The van der Waals surface area contributed by atoms with Gasteiger partial charge in [-0.15, -0.1) is 0 Å². The van der Waals surface area contributed by atoms with E-state index in [4.69, 9.17) is 5.73 Å². The normalized spacial score (nSPS) is 16.4. The second-order valence-electron chi connectivity index (χ2n) is 5.97. The predicted molar refractivity (Wildman–Crippen MR) is 103 cm³/mol. The monoisotopic (exact) mass is 386 g/mol. The van der Waals surface area contributed by atoms with Crippen molar-refractivity contribution in [2.45, 2.75) is 19.1 Å². The smallest absolute Gasteiger partial charge is 0.387 e. The van der Waals surface area contributed by atoms with E-state index in [9.17, 15) is 13.6 Å². The molecule has 1 unspecified atom stereocenters. The minimum atomic E-state index is -2.97. The Bertz CT molecular complexity index is 967. The highest BCUT2D eigenvalue weighted by atomic mass is 19.3. The number of aromatic nitrogens is 2. The number of alkyl halides is 2. The Morgan fingerprint density at radius 2 is 2.18 bits per heavy atom. The SMILES string of the molecule is NC/C=C(\NC1C=CC=CC1)c1nn(-c2ccccc2OC(F)F)ccc1=O. The van der Waals surface area contributed by atoms with Crippen molar-refractivity contribution >= 4 is 5.70 Å². The third-order valence-electron chi connectivity index (χ3n) is 4.03. The molecule has 1 aromatic heterocycles. The first-order valence-corrected chi connectivity index (χ1v) is 8.73. The lowest BCUT2D eigenvalue weighted by Crippen LogP contribution is -2.30. The summed E-state index contributed by atoms with van der Waals surface area (Å²) in [4.78, 5) is 12.4. The molecule has 1 aliphatic rings. The van der Waals surface area contributed by atoms with Gasteiger partial charge in [-0.05, 0) is 24.6 Å². The second-order valence-corrected chi connectivity index (χ2v) is 5.97. The zero-order valence-corrected chi connectivity index (χ0v) is 15.0. The van der Waals surface area contributed by atoms with E-state index < -0.39 is 6.61 Å². The van der Waals surface area contributed by atoms with Crippen LogP contribution in [-0.4, -0.2) is 29.0 Å². The maximum Gasteiger partial charge on any atom is 0.387 e. The Labute approximate surface area is 160 Å². The minimum Gasteiger partial charge on any atom is -0.433 e. The molecule has 28 heavy (non-hydrogen) atoms. The number of nitrogens with zero attached hydrogens (tertiary/aromatic N) is 2. The van der Waals surface area contributed by atoms with Gasteiger partial charge >= 0.3 is 6.61 Å². The van der Waals surface area contributed by atoms with E-state index >= 15 is 0 Å². The molecule has 0 amide bonds. The van der Waals surface area contributed by atoms with Gasteiger partial charge in [0.05, 0.1) is 5.70 Å². The lowest BCUT2D eigenvalue weighted by Gasteiger charge is -2.19. The molecule has 146 valence electrons. The third kappa shape index (κ3) is 4.72. The van der Waals surface area contributed by atoms with Crippen molar-refractivity contribution in [2.75, 3.05) is 6.54 Å². The molecule has 0 bridgehead atoms. The molecule has 3 N–H and O–H groups in total. The number of ether oxygens (including phenoxy) is 1. The number of benzene rings is 1. The molecule has 3 rings (SSSR count). The van der Waals surface area contributed by atoms with Crippen LogP contribution in [0.2, 0.25) is 0 Å². The van der Waals surface area contributed by atoms with Gasteiger partial charge < -0.3 is 15.8 Å². The molecule has 0 spiro atoms. The fourth-order valence-electron chi connectivity index (χ4n) is 2.80. The standard InChI is InChI=1S/C20H20F2N4O2/c21-20(22)28-18-9-5-4-8-16(18)26-13-11-17(27)19(25-26)15(10-12-23)24-14-6-2-1-3-7-14/h1-6,8-11,13-14,20,24H,7,12,23H2/b15-10-. The minimum absolute atomic E-state index is 0.00731. The van der Waals surface area contributed by atoms with Crippen LogP contribution in [0, 0.1) is 0 Å². The molecule has 1 atom stereocenters. The summed E-state index contributed by atoms with van der Waals surface area (Å²) >= 11 is 0. The highest BCUT2D eigenvalue weighted by Gasteiger charge is 2.16. The molecule has 0 aliphatic heterocycles. The van der Waals surface area contributed by atoms with E-state index in [0.717, 1.165) is 6.42 Å². The van der Waals surface area contributed by atoms with Crippen LogP contribution >= 0.6 is 0 Å². The molecule has 1 heterocycles. The molecule has 0 saturated heterocycles. The molecular formula is C20H20F2N4O2. The average molecular weight is 386 g/mol. The van der Waals surface area contributed by atoms with Crippen molar-refractivity contribution in [3.05, 3.63) is 82.8 Å². The van der Waals surface area contributed by atoms with E-state index in [1.165, 1.54) is 23.0 Å². The number of rotatable bonds is 7. The van der Waals surface area contributed by atoms with Crippen molar-refractivity contribution < 1.29 is 13.5 Å². The van der Waals surface area contributed by atoms with E-state index in [0.29, 0.717) is 5.70 Å². The van der Waals surface area contributed by atoms with Gasteiger partial charge in [0.15, 0.2) is 11.4 Å². The fourth-order valence-corrected chi connectivity index (χ4v) is 2.80. The van der Waals surface area contributed by atoms with Gasteiger partial charge in [0, 0.05) is 24.8 Å². The van der Waals surface area contributed by atoms with Crippen molar-refractivity contribution in [3.63, 3.8) is 0 Å². The Hall–Kier alpha value is -3.26. The van der Waals surface area contributed by atoms with Gasteiger partial charge in [-0.1, -0.05) is 36.4 Å². The molecule has 0 saturated carbocycles. The maximum absolute atomic E-state index is 12.7. The van der Waals surface area contributed by atoms with Gasteiger partial charge in [-0.3, -0.25) is 4.79 Å². The quantitative estimate of drug-likeness (QED) is 0.765. The first-order chi connectivity index (χ1) is 13.6. The van der Waals surface area contributed by atoms with Crippen LogP contribution in [0.5, 0.6) is 5.75 Å². The number of halogens is 2. The molecule has 2 aromatic rings. The Morgan fingerprint density at radius 1 is 1.36 bits per heavy atom. The molecule has 0 fully saturated rings. The highest BCUT2D eigenvalue weighted by molar-refractivity contribution is 5.61. The van der Waals surface area contributed by atoms with Crippen LogP contribution in [0.25, 0.3) is 11.4 Å². The summed E-state index contributed by atoms with van der Waals surface area (Å²) in [5, 5.41) is 7.60. The number of hydrogen-bond acceptors (Lipinski definition) is 5. The summed E-state index contributed by atoms with van der Waals surface area (Å²) < 4.78 is 31.3. The van der Waals surface area contributed by atoms with E-state index in [2.05, 4.69) is 15.2 Å². The number of para-hydroxylation sites is 2. The number of hydrogen-bond donors (Lipinski definition) is 2. The molecular weight excluding hydrogens is 366 g/mol. The van der Waals surface area contributed by atoms with E-state index in [1.54, 1.807) is 24.3 Å². The average Bonchev–Trinajstić information content (AvgIpc) is 2.69. The summed E-state index contributed by atoms with van der Waals surface area (Å²) in [6, 6.07) is 7.55. The predicted octanol–water partition coefficient (Wildman–Crippen LogP) is 2.61. The van der Waals surface area contributed by atoms with Crippen molar-refractivity contribution in [1.82, 2.24) is 15.1 Å². The zero-order chi connectivity index (χ0) is 19.9. The number of nitrogens with two attached hydrogens (primary N) is 1. The lowest BCUT2D eigenvalue weighted by atomic mass is 10.1. The number of allylic oxidation sites excluding steroid dienone is 2. The van der Waals surface area contributed by atoms with E-state index in [-0.39, 0.29) is 35.1 Å². The summed E-state index contributed by atoms with van der Waals surface area (Å²) in [6.07, 6.45) is 11.7. The van der Waals surface area contributed by atoms with Gasteiger partial charge in [-0.25, -0.2) is 4.68 Å². The lowest BCUT2D eigenvalue weighted by molar-refractivity contribution is -0.0499. The Morgan fingerprint density at radius 3 is 2.89 bits per heavy atom. The third-order valence-corrected chi connectivity index (χ3v) is 4.03. The second kappa shape index (κ2) is 9.09. The van der Waals surface area contributed by atoms with E-state index in [1.807, 2.05) is 24.3 Å². The zero-order valence-electron chi connectivity index (χ0n) is 15.0. The first kappa shape index (κ1) is 19.5. The molecule has 8 heteroatoms. The van der Waals surface area contributed by atoms with Gasteiger partial charge in [0.25, 0.3) is 0 Å².